The summed E-state index contributed by atoms with van der Waals surface area (Å²) < 4.78 is 27.7. The maximum atomic E-state index is 13.3. The van der Waals surface area contributed by atoms with E-state index in [-0.39, 0.29) is 34.2 Å². The van der Waals surface area contributed by atoms with Gasteiger partial charge in [0.25, 0.3) is 10.0 Å². The zero-order chi connectivity index (χ0) is 19.7. The number of Topliss-reactive ketones (excluding diaryl/α,β-unsaturated/α-hetero) is 1. The van der Waals surface area contributed by atoms with Gasteiger partial charge in [0.15, 0.2) is 0 Å². The fraction of sp³-hybridized carbons (Fsp3) is 0.0476. The first-order valence-electron chi connectivity index (χ1n) is 8.53. The van der Waals surface area contributed by atoms with E-state index in [9.17, 15) is 18.3 Å². The summed E-state index contributed by atoms with van der Waals surface area (Å²) in [6.07, 6.45) is 4.69. The maximum Gasteiger partial charge on any atom is 0.265 e. The Hall–Kier alpha value is -3.45. The van der Waals surface area contributed by atoms with Gasteiger partial charge in [0.1, 0.15) is 11.4 Å². The standard InChI is InChI=1S/C21H16N2O4S/c24-17-9-7-15(8-10-17)12-19-21(25)18-5-1-2-6-20(18)28(26,27)23(19)14-16-4-3-11-22-13-16/h1-13,24H,14H2. The molecule has 7 heteroatoms. The van der Waals surface area contributed by atoms with Crippen LogP contribution in [0.3, 0.4) is 0 Å². The van der Waals surface area contributed by atoms with Crippen molar-refractivity contribution in [2.75, 3.05) is 0 Å². The fourth-order valence-corrected chi connectivity index (χ4v) is 4.71. The molecule has 1 N–H and O–H groups in total. The molecule has 4 rings (SSSR count). The number of carbonyl (C=O) groups excluding carboxylic acids is 1. The Bertz CT molecular complexity index is 1170. The average molecular weight is 392 g/mol. The van der Waals surface area contributed by atoms with Gasteiger partial charge in [-0.3, -0.25) is 14.1 Å². The predicted molar refractivity (Wildman–Crippen MR) is 104 cm³/mol. The number of allylic oxidation sites excluding steroid dienone is 1. The molecule has 1 aliphatic rings. The molecule has 0 radical (unpaired) electrons. The maximum absolute atomic E-state index is 13.3. The number of pyridine rings is 1. The molecule has 0 amide bonds. The Morgan fingerprint density at radius 3 is 2.46 bits per heavy atom. The van der Waals surface area contributed by atoms with E-state index in [2.05, 4.69) is 4.98 Å². The Labute approximate surface area is 162 Å². The predicted octanol–water partition coefficient (Wildman–Crippen LogP) is 3.22. The molecule has 2 aromatic carbocycles. The SMILES string of the molecule is O=C1C(=Cc2ccc(O)cc2)N(Cc2cccnc2)S(=O)(=O)c2ccccc21. The van der Waals surface area contributed by atoms with Crippen molar-refractivity contribution in [3.05, 3.63) is 95.4 Å². The van der Waals surface area contributed by atoms with Gasteiger partial charge in [0, 0.05) is 18.0 Å². The van der Waals surface area contributed by atoms with E-state index in [1.807, 2.05) is 0 Å². The highest BCUT2D eigenvalue weighted by atomic mass is 32.2. The first kappa shape index (κ1) is 17.9. The Morgan fingerprint density at radius 2 is 1.75 bits per heavy atom. The van der Waals surface area contributed by atoms with Crippen molar-refractivity contribution in [2.45, 2.75) is 11.4 Å². The topological polar surface area (TPSA) is 87.6 Å². The van der Waals surface area contributed by atoms with Gasteiger partial charge < -0.3 is 5.11 Å². The number of carbonyl (C=O) groups is 1. The summed E-state index contributed by atoms with van der Waals surface area (Å²) in [5.74, 6) is -0.287. The summed E-state index contributed by atoms with van der Waals surface area (Å²) in [7, 11) is -3.92. The molecule has 1 aliphatic heterocycles. The first-order chi connectivity index (χ1) is 13.5. The highest BCUT2D eigenvalue weighted by molar-refractivity contribution is 7.89. The van der Waals surface area contributed by atoms with E-state index in [0.29, 0.717) is 11.1 Å². The zero-order valence-electron chi connectivity index (χ0n) is 14.7. The van der Waals surface area contributed by atoms with Crippen molar-refractivity contribution < 1.29 is 18.3 Å². The number of hydrogen-bond donors (Lipinski definition) is 1. The van der Waals surface area contributed by atoms with Gasteiger partial charge in [-0.05, 0) is 47.5 Å². The Balaban J connectivity index is 1.89. The lowest BCUT2D eigenvalue weighted by Gasteiger charge is -2.31. The highest BCUT2D eigenvalue weighted by Crippen LogP contribution is 2.34. The molecule has 1 aromatic heterocycles. The van der Waals surface area contributed by atoms with Crippen LogP contribution in [0.5, 0.6) is 5.75 Å². The van der Waals surface area contributed by atoms with Crippen LogP contribution in [0.15, 0.2) is 83.6 Å². The van der Waals surface area contributed by atoms with Crippen molar-refractivity contribution in [1.82, 2.24) is 9.29 Å². The van der Waals surface area contributed by atoms with E-state index in [0.717, 1.165) is 4.31 Å². The number of sulfonamides is 1. The van der Waals surface area contributed by atoms with Crippen molar-refractivity contribution in [3.63, 3.8) is 0 Å². The largest absolute Gasteiger partial charge is 0.508 e. The number of rotatable bonds is 3. The monoisotopic (exact) mass is 392 g/mol. The van der Waals surface area contributed by atoms with Crippen molar-refractivity contribution in [1.29, 1.82) is 0 Å². The Kier molecular flexibility index (Phi) is 4.44. The molecule has 0 aliphatic carbocycles. The summed E-state index contributed by atoms with van der Waals surface area (Å²) in [4.78, 5) is 17.2. The normalized spacial score (nSPS) is 16.8. The number of aromatic nitrogens is 1. The quantitative estimate of drug-likeness (QED) is 0.692. The van der Waals surface area contributed by atoms with E-state index in [4.69, 9.17) is 0 Å². The molecule has 0 spiro atoms. The minimum Gasteiger partial charge on any atom is -0.508 e. The van der Waals surface area contributed by atoms with Crippen LogP contribution in [0.4, 0.5) is 0 Å². The molecular weight excluding hydrogens is 376 g/mol. The van der Waals surface area contributed by atoms with Gasteiger partial charge >= 0.3 is 0 Å². The van der Waals surface area contributed by atoms with Crippen molar-refractivity contribution in [2.24, 2.45) is 0 Å². The second kappa shape index (κ2) is 6.94. The number of phenolic OH excluding ortho intramolecular Hbond substituents is 1. The molecule has 3 aromatic rings. The molecule has 0 saturated carbocycles. The van der Waals surface area contributed by atoms with Crippen LogP contribution in [-0.4, -0.2) is 28.6 Å². The third-order valence-corrected chi connectivity index (χ3v) is 6.26. The van der Waals surface area contributed by atoms with E-state index in [1.54, 1.807) is 48.8 Å². The van der Waals surface area contributed by atoms with Crippen LogP contribution >= 0.6 is 0 Å². The third kappa shape index (κ3) is 3.16. The zero-order valence-corrected chi connectivity index (χ0v) is 15.5. The molecule has 0 saturated heterocycles. The molecular formula is C21H16N2O4S. The number of phenols is 1. The second-order valence-electron chi connectivity index (χ2n) is 6.32. The van der Waals surface area contributed by atoms with Crippen LogP contribution in [-0.2, 0) is 16.6 Å². The summed E-state index contributed by atoms with van der Waals surface area (Å²) in [5.41, 5.74) is 1.46. The summed E-state index contributed by atoms with van der Waals surface area (Å²) in [6.45, 7) is -0.0137. The summed E-state index contributed by atoms with van der Waals surface area (Å²) >= 11 is 0. The second-order valence-corrected chi connectivity index (χ2v) is 8.15. The molecule has 0 atom stereocenters. The minimum atomic E-state index is -3.92. The molecule has 28 heavy (non-hydrogen) atoms. The van der Waals surface area contributed by atoms with E-state index >= 15 is 0 Å². The van der Waals surface area contributed by atoms with Crippen LogP contribution in [0.2, 0.25) is 0 Å². The lowest BCUT2D eigenvalue weighted by molar-refractivity contribution is 0.100. The summed E-state index contributed by atoms with van der Waals surface area (Å²) in [6, 6.07) is 15.9. The number of fused-ring (bicyclic) bond motifs is 1. The van der Waals surface area contributed by atoms with Gasteiger partial charge in [-0.1, -0.05) is 30.3 Å². The van der Waals surface area contributed by atoms with Gasteiger partial charge in [-0.15, -0.1) is 0 Å². The van der Waals surface area contributed by atoms with Crippen molar-refractivity contribution >= 4 is 21.9 Å². The number of ketones is 1. The molecule has 0 fully saturated rings. The first-order valence-corrected chi connectivity index (χ1v) is 9.97. The summed E-state index contributed by atoms with van der Waals surface area (Å²) in [5, 5.41) is 9.47. The fourth-order valence-electron chi connectivity index (χ4n) is 3.07. The third-order valence-electron chi connectivity index (χ3n) is 4.45. The van der Waals surface area contributed by atoms with Gasteiger partial charge in [0.2, 0.25) is 5.78 Å². The van der Waals surface area contributed by atoms with Crippen molar-refractivity contribution in [3.8, 4) is 5.75 Å². The van der Waals surface area contributed by atoms with Gasteiger partial charge in [-0.25, -0.2) is 8.42 Å². The lowest BCUT2D eigenvalue weighted by atomic mass is 10.0. The van der Waals surface area contributed by atoms with Crippen LogP contribution in [0.25, 0.3) is 6.08 Å². The molecule has 140 valence electrons. The van der Waals surface area contributed by atoms with Crippen LogP contribution in [0.1, 0.15) is 21.5 Å². The van der Waals surface area contributed by atoms with Gasteiger partial charge in [-0.2, -0.15) is 0 Å². The Morgan fingerprint density at radius 1 is 1.00 bits per heavy atom. The van der Waals surface area contributed by atoms with E-state index in [1.165, 1.54) is 30.3 Å². The molecule has 6 nitrogen and oxygen atoms in total. The minimum absolute atomic E-state index is 0.00764. The van der Waals surface area contributed by atoms with Crippen LogP contribution < -0.4 is 0 Å². The number of benzene rings is 2. The van der Waals surface area contributed by atoms with Gasteiger partial charge in [0.05, 0.1) is 11.4 Å². The van der Waals surface area contributed by atoms with E-state index < -0.39 is 10.0 Å². The smallest absolute Gasteiger partial charge is 0.265 e. The lowest BCUT2D eigenvalue weighted by Crippen LogP contribution is -2.38. The number of hydrogen-bond acceptors (Lipinski definition) is 5. The number of aromatic hydroxyl groups is 1. The molecule has 2 heterocycles. The average Bonchev–Trinajstić information content (AvgIpc) is 2.71. The number of nitrogens with zero attached hydrogens (tertiary/aromatic N) is 2. The molecule has 0 bridgehead atoms. The molecule has 0 unspecified atom stereocenters. The van der Waals surface area contributed by atoms with Crippen LogP contribution in [0, 0.1) is 0 Å². The highest BCUT2D eigenvalue weighted by Gasteiger charge is 2.39.